The summed E-state index contributed by atoms with van der Waals surface area (Å²) in [4.78, 5) is 11.1. The number of carbonyl (C=O) groups excluding carboxylic acids is 1. The van der Waals surface area contributed by atoms with Crippen molar-refractivity contribution in [3.05, 3.63) is 0 Å². The van der Waals surface area contributed by atoms with E-state index < -0.39 is 5.60 Å². The predicted octanol–water partition coefficient (Wildman–Crippen LogP) is 4.36. The molecule has 1 amide bonds. The Balaban J connectivity index is 0. The van der Waals surface area contributed by atoms with Gasteiger partial charge in [0, 0.05) is 16.6 Å². The van der Waals surface area contributed by atoms with E-state index in [0.717, 1.165) is 5.11 Å². The first-order chi connectivity index (χ1) is 10.2. The summed E-state index contributed by atoms with van der Waals surface area (Å²) in [5.74, 6) is 0. The second kappa shape index (κ2) is 8.88. The molecule has 0 aliphatic carbocycles. The minimum atomic E-state index is -0.421. The van der Waals surface area contributed by atoms with Crippen LogP contribution < -0.4 is 16.0 Å². The van der Waals surface area contributed by atoms with E-state index in [1.807, 2.05) is 41.5 Å². The van der Waals surface area contributed by atoms with E-state index in [2.05, 4.69) is 57.5 Å². The van der Waals surface area contributed by atoms with Crippen molar-refractivity contribution >= 4 is 23.4 Å². The van der Waals surface area contributed by atoms with Gasteiger partial charge in [-0.2, -0.15) is 0 Å². The van der Waals surface area contributed by atoms with Crippen LogP contribution >= 0.6 is 12.2 Å². The molecule has 0 unspecified atom stereocenters. The first kappa shape index (κ1) is 25.2. The molecule has 0 aromatic heterocycles. The molecule has 0 saturated carbocycles. The van der Waals surface area contributed by atoms with Gasteiger partial charge in [0.25, 0.3) is 0 Å². The zero-order valence-electron chi connectivity index (χ0n) is 17.7. The third-order valence-electron chi connectivity index (χ3n) is 1.85. The highest BCUT2D eigenvalue weighted by atomic mass is 32.1. The molecular weight excluding hydrogens is 322 g/mol. The van der Waals surface area contributed by atoms with E-state index in [-0.39, 0.29) is 22.7 Å². The van der Waals surface area contributed by atoms with Gasteiger partial charge in [0.1, 0.15) is 5.60 Å². The number of hydrogen-bond donors (Lipinski definition) is 3. The van der Waals surface area contributed by atoms with Crippen molar-refractivity contribution < 1.29 is 9.53 Å². The lowest BCUT2D eigenvalue weighted by Crippen LogP contribution is -2.51. The first-order valence-electron chi connectivity index (χ1n) is 8.32. The molecule has 0 aromatic rings. The molecule has 5 nitrogen and oxygen atoms in total. The van der Waals surface area contributed by atoms with Crippen LogP contribution in [-0.4, -0.2) is 33.4 Å². The molecule has 0 aliphatic rings. The van der Waals surface area contributed by atoms with Gasteiger partial charge in [-0.25, -0.2) is 4.79 Å². The molecule has 0 atom stereocenters. The molecule has 3 N–H and O–H groups in total. The van der Waals surface area contributed by atoms with Crippen LogP contribution in [0.4, 0.5) is 4.79 Å². The van der Waals surface area contributed by atoms with Gasteiger partial charge in [-0.3, -0.25) is 0 Å². The van der Waals surface area contributed by atoms with Crippen molar-refractivity contribution in [1.82, 2.24) is 16.0 Å². The second-order valence-electron chi connectivity index (χ2n) is 9.96. The van der Waals surface area contributed by atoms with Crippen LogP contribution in [0.25, 0.3) is 0 Å². The summed E-state index contributed by atoms with van der Waals surface area (Å²) in [5, 5.41) is 9.82. The van der Waals surface area contributed by atoms with Crippen LogP contribution in [0.5, 0.6) is 0 Å². The SMILES string of the molecule is CC(C)(C)NC(=O)OC(C)(C)C.CC(C)(C)NC(=S)NC(C)(C)C. The molecule has 0 rings (SSSR count). The van der Waals surface area contributed by atoms with Crippen molar-refractivity contribution in [2.45, 2.75) is 105 Å². The summed E-state index contributed by atoms with van der Waals surface area (Å²) in [6.07, 6.45) is -0.366. The molecule has 0 spiro atoms. The Labute approximate surface area is 154 Å². The lowest BCUT2D eigenvalue weighted by molar-refractivity contribution is 0.0480. The van der Waals surface area contributed by atoms with Crippen LogP contribution in [0.3, 0.4) is 0 Å². The van der Waals surface area contributed by atoms with Crippen LogP contribution in [0.15, 0.2) is 0 Å². The molecule has 144 valence electrons. The van der Waals surface area contributed by atoms with E-state index in [1.54, 1.807) is 0 Å². The highest BCUT2D eigenvalue weighted by molar-refractivity contribution is 7.80. The third kappa shape index (κ3) is 23.2. The quantitative estimate of drug-likeness (QED) is 0.560. The van der Waals surface area contributed by atoms with Crippen LogP contribution in [-0.2, 0) is 4.74 Å². The Morgan fingerprint density at radius 3 is 1.17 bits per heavy atom. The van der Waals surface area contributed by atoms with Crippen molar-refractivity contribution in [3.8, 4) is 0 Å². The van der Waals surface area contributed by atoms with Gasteiger partial charge in [-0.05, 0) is 95.3 Å². The Morgan fingerprint density at radius 2 is 0.958 bits per heavy atom. The van der Waals surface area contributed by atoms with Crippen LogP contribution in [0.2, 0.25) is 0 Å². The van der Waals surface area contributed by atoms with Crippen LogP contribution in [0, 0.1) is 0 Å². The largest absolute Gasteiger partial charge is 0.444 e. The van der Waals surface area contributed by atoms with Gasteiger partial charge < -0.3 is 20.7 Å². The van der Waals surface area contributed by atoms with Gasteiger partial charge >= 0.3 is 6.09 Å². The Kier molecular flexibility index (Phi) is 9.33. The van der Waals surface area contributed by atoms with Gasteiger partial charge in [0.15, 0.2) is 5.11 Å². The molecule has 0 heterocycles. The fourth-order valence-corrected chi connectivity index (χ4v) is 1.93. The number of rotatable bonds is 0. The maximum Gasteiger partial charge on any atom is 0.408 e. The topological polar surface area (TPSA) is 62.4 Å². The molecule has 0 aliphatic heterocycles. The molecule has 0 fully saturated rings. The first-order valence-corrected chi connectivity index (χ1v) is 8.72. The summed E-state index contributed by atoms with van der Waals surface area (Å²) < 4.78 is 5.06. The number of thiocarbonyl (C=S) groups is 1. The van der Waals surface area contributed by atoms with Crippen molar-refractivity contribution in [2.24, 2.45) is 0 Å². The lowest BCUT2D eigenvalue weighted by atomic mass is 10.1. The van der Waals surface area contributed by atoms with E-state index in [1.165, 1.54) is 0 Å². The van der Waals surface area contributed by atoms with E-state index in [4.69, 9.17) is 17.0 Å². The van der Waals surface area contributed by atoms with Crippen molar-refractivity contribution in [2.75, 3.05) is 0 Å². The maximum atomic E-state index is 11.1. The highest BCUT2D eigenvalue weighted by Crippen LogP contribution is 2.08. The Hall–Kier alpha value is -1.04. The number of carbonyl (C=O) groups is 1. The molecule has 0 radical (unpaired) electrons. The summed E-state index contributed by atoms with van der Waals surface area (Å²) in [5.41, 5.74) is -0.581. The minimum absolute atomic E-state index is 0.0370. The van der Waals surface area contributed by atoms with Gasteiger partial charge in [0.2, 0.25) is 0 Å². The van der Waals surface area contributed by atoms with Crippen molar-refractivity contribution in [3.63, 3.8) is 0 Å². The number of hydrogen-bond acceptors (Lipinski definition) is 3. The fourth-order valence-electron chi connectivity index (χ4n) is 1.32. The Morgan fingerprint density at radius 1 is 0.667 bits per heavy atom. The molecule has 6 heteroatoms. The minimum Gasteiger partial charge on any atom is -0.444 e. The van der Waals surface area contributed by atoms with Crippen molar-refractivity contribution in [1.29, 1.82) is 0 Å². The smallest absolute Gasteiger partial charge is 0.408 e. The lowest BCUT2D eigenvalue weighted by Gasteiger charge is -2.28. The zero-order valence-corrected chi connectivity index (χ0v) is 18.5. The molecule has 0 bridgehead atoms. The Bertz CT molecular complexity index is 332. The third-order valence-corrected chi connectivity index (χ3v) is 2.06. The van der Waals surface area contributed by atoms with E-state index in [9.17, 15) is 4.79 Å². The summed E-state index contributed by atoms with van der Waals surface area (Å²) in [6.45, 7) is 23.8. The average molecular weight is 362 g/mol. The molecule has 0 aromatic carbocycles. The van der Waals surface area contributed by atoms with Gasteiger partial charge in [-0.1, -0.05) is 0 Å². The second-order valence-corrected chi connectivity index (χ2v) is 10.4. The number of alkyl carbamates (subject to hydrolysis) is 1. The average Bonchev–Trinajstić information content (AvgIpc) is 2.02. The molecule has 0 saturated heterocycles. The number of amides is 1. The van der Waals surface area contributed by atoms with E-state index >= 15 is 0 Å². The van der Waals surface area contributed by atoms with Gasteiger partial charge in [0.05, 0.1) is 0 Å². The van der Waals surface area contributed by atoms with Crippen LogP contribution in [0.1, 0.15) is 83.1 Å². The summed E-state index contributed by atoms with van der Waals surface area (Å²) in [7, 11) is 0. The predicted molar refractivity (Wildman–Crippen MR) is 107 cm³/mol. The summed E-state index contributed by atoms with van der Waals surface area (Å²) >= 11 is 5.13. The fraction of sp³-hybridized carbons (Fsp3) is 0.889. The maximum absolute atomic E-state index is 11.1. The number of nitrogens with one attached hydrogen (secondary N) is 3. The normalized spacial score (nSPS) is 12.5. The highest BCUT2D eigenvalue weighted by Gasteiger charge is 2.20. The number of ether oxygens (including phenoxy) is 1. The standard InChI is InChI=1S/C9H20N2S.C9H19NO2/c1-8(2,3)10-7(12)11-9(4,5)6;1-8(2,3)10-7(11)12-9(4,5)6/h1-6H3,(H2,10,11,12);1-6H3,(H,10,11). The zero-order chi connectivity index (χ0) is 20.0. The monoisotopic (exact) mass is 361 g/mol. The summed E-state index contributed by atoms with van der Waals surface area (Å²) in [6, 6.07) is 0. The van der Waals surface area contributed by atoms with Gasteiger partial charge in [-0.15, -0.1) is 0 Å². The molecular formula is C18H39N3O2S. The van der Waals surface area contributed by atoms with E-state index in [0.29, 0.717) is 0 Å². The molecule has 24 heavy (non-hydrogen) atoms.